The molecular weight excluding hydrogens is 264 g/mol. The van der Waals surface area contributed by atoms with Gasteiger partial charge in [0.15, 0.2) is 0 Å². The molecule has 2 amide bonds. The summed E-state index contributed by atoms with van der Waals surface area (Å²) in [6.07, 6.45) is 3.18. The molecule has 0 fully saturated rings. The maximum Gasteiger partial charge on any atom is 0.412 e. The van der Waals surface area contributed by atoms with Crippen molar-refractivity contribution in [1.29, 1.82) is 0 Å². The third-order valence-electron chi connectivity index (χ3n) is 1.87. The zero-order valence-corrected chi connectivity index (χ0v) is 12.0. The maximum absolute atomic E-state index is 11.5. The quantitative estimate of drug-likeness (QED) is 0.890. The third-order valence-corrected chi connectivity index (χ3v) is 2.74. The van der Waals surface area contributed by atoms with Crippen molar-refractivity contribution in [2.75, 3.05) is 5.32 Å². The van der Waals surface area contributed by atoms with Gasteiger partial charge in [-0.2, -0.15) is 0 Å². The molecule has 0 saturated heterocycles. The highest BCUT2D eigenvalue weighted by atomic mass is 32.1. The lowest BCUT2D eigenvalue weighted by molar-refractivity contribution is -0.117. The second kappa shape index (κ2) is 6.38. The van der Waals surface area contributed by atoms with E-state index in [1.54, 1.807) is 39.0 Å². The van der Waals surface area contributed by atoms with Crippen molar-refractivity contribution in [2.45, 2.75) is 32.8 Å². The molecule has 0 aromatic carbocycles. The number of nitrogens with two attached hydrogens (primary N) is 1. The van der Waals surface area contributed by atoms with Crippen LogP contribution in [0.15, 0.2) is 17.5 Å². The van der Waals surface area contributed by atoms with Gasteiger partial charge >= 0.3 is 6.09 Å². The lowest BCUT2D eigenvalue weighted by Crippen LogP contribution is -2.26. The molecule has 0 bridgehead atoms. The van der Waals surface area contributed by atoms with Gasteiger partial charge in [-0.1, -0.05) is 12.2 Å². The van der Waals surface area contributed by atoms with Crippen LogP contribution in [0.4, 0.5) is 9.80 Å². The van der Waals surface area contributed by atoms with E-state index in [2.05, 4.69) is 5.32 Å². The number of thiophene rings is 1. The zero-order chi connectivity index (χ0) is 14.5. The van der Waals surface area contributed by atoms with Crippen molar-refractivity contribution in [3.63, 3.8) is 0 Å². The third kappa shape index (κ3) is 6.61. The molecule has 1 rings (SSSR count). The van der Waals surface area contributed by atoms with Crippen LogP contribution in [0.2, 0.25) is 0 Å². The molecule has 104 valence electrons. The van der Waals surface area contributed by atoms with E-state index in [0.29, 0.717) is 5.00 Å². The Bertz CT molecular complexity index is 486. The van der Waals surface area contributed by atoms with Crippen molar-refractivity contribution in [3.8, 4) is 0 Å². The smallest absolute Gasteiger partial charge is 0.412 e. The van der Waals surface area contributed by atoms with Crippen molar-refractivity contribution in [1.82, 2.24) is 0 Å². The fourth-order valence-electron chi connectivity index (χ4n) is 1.22. The first-order valence-corrected chi connectivity index (χ1v) is 6.67. The van der Waals surface area contributed by atoms with Crippen molar-refractivity contribution < 1.29 is 14.3 Å². The Hall–Kier alpha value is -1.82. The van der Waals surface area contributed by atoms with E-state index >= 15 is 0 Å². The molecule has 0 unspecified atom stereocenters. The first kappa shape index (κ1) is 15.2. The number of ether oxygens (including phenoxy) is 1. The highest BCUT2D eigenvalue weighted by Gasteiger charge is 2.16. The average Bonchev–Trinajstić information content (AvgIpc) is 2.61. The van der Waals surface area contributed by atoms with E-state index in [1.807, 2.05) is 5.38 Å². The van der Waals surface area contributed by atoms with E-state index in [0.717, 1.165) is 5.56 Å². The van der Waals surface area contributed by atoms with Gasteiger partial charge in [-0.15, -0.1) is 11.3 Å². The van der Waals surface area contributed by atoms with E-state index in [9.17, 15) is 9.59 Å². The minimum absolute atomic E-state index is 0.199. The number of hydrogen-bond donors (Lipinski definition) is 2. The summed E-state index contributed by atoms with van der Waals surface area (Å²) in [5.41, 5.74) is 5.40. The van der Waals surface area contributed by atoms with Crippen LogP contribution in [-0.2, 0) is 9.53 Å². The molecule has 5 nitrogen and oxygen atoms in total. The molecule has 6 heteroatoms. The number of nitrogens with one attached hydrogen (secondary N) is 1. The van der Waals surface area contributed by atoms with Crippen LogP contribution in [-0.4, -0.2) is 17.6 Å². The molecule has 0 aliphatic rings. The summed E-state index contributed by atoms with van der Waals surface area (Å²) in [5.74, 6) is -0.376. The zero-order valence-electron chi connectivity index (χ0n) is 11.2. The maximum atomic E-state index is 11.5. The van der Waals surface area contributed by atoms with Crippen LogP contribution in [0, 0.1) is 0 Å². The highest BCUT2D eigenvalue weighted by Crippen LogP contribution is 2.22. The van der Waals surface area contributed by atoms with Gasteiger partial charge in [-0.05, 0) is 32.4 Å². The molecule has 1 aromatic heterocycles. The number of carbonyl (C=O) groups excluding carboxylic acids is 2. The number of primary amides is 1. The van der Waals surface area contributed by atoms with E-state index in [1.165, 1.54) is 11.3 Å². The lowest BCUT2D eigenvalue weighted by atomic mass is 10.2. The Balaban J connectivity index is 2.53. The fraction of sp³-hybridized carbons (Fsp3) is 0.385. The highest BCUT2D eigenvalue weighted by molar-refractivity contribution is 7.14. The summed E-state index contributed by atoms with van der Waals surface area (Å²) in [6.45, 7) is 5.41. The summed E-state index contributed by atoms with van der Waals surface area (Å²) in [7, 11) is 0. The van der Waals surface area contributed by atoms with Crippen LogP contribution >= 0.6 is 11.3 Å². The molecule has 19 heavy (non-hydrogen) atoms. The van der Waals surface area contributed by atoms with Gasteiger partial charge in [0.1, 0.15) is 5.60 Å². The fourth-order valence-corrected chi connectivity index (χ4v) is 1.98. The van der Waals surface area contributed by atoms with Gasteiger partial charge in [0.2, 0.25) is 5.91 Å². The minimum atomic E-state index is -0.522. The number of rotatable bonds is 4. The molecule has 0 aliphatic heterocycles. The predicted molar refractivity (Wildman–Crippen MR) is 77.0 cm³/mol. The Morgan fingerprint density at radius 3 is 2.74 bits per heavy atom. The summed E-state index contributed by atoms with van der Waals surface area (Å²) in [5, 5.41) is 5.20. The van der Waals surface area contributed by atoms with Crippen LogP contribution in [0.3, 0.4) is 0 Å². The SMILES string of the molecule is CC(C)(C)OC(=O)Nc1cc(C=CCC(N)=O)cs1. The van der Waals surface area contributed by atoms with E-state index in [-0.39, 0.29) is 12.3 Å². The van der Waals surface area contributed by atoms with E-state index < -0.39 is 11.7 Å². The summed E-state index contributed by atoms with van der Waals surface area (Å²) >= 11 is 1.38. The second-order valence-corrected chi connectivity index (χ2v) is 5.86. The first-order valence-electron chi connectivity index (χ1n) is 5.79. The van der Waals surface area contributed by atoms with Gasteiger partial charge in [0.25, 0.3) is 0 Å². The molecule has 0 aliphatic carbocycles. The summed E-state index contributed by atoms with van der Waals surface area (Å²) in [4.78, 5) is 22.1. The van der Waals surface area contributed by atoms with Crippen molar-refractivity contribution in [3.05, 3.63) is 23.1 Å². The van der Waals surface area contributed by atoms with Crippen LogP contribution < -0.4 is 11.1 Å². The van der Waals surface area contributed by atoms with Gasteiger partial charge in [0, 0.05) is 11.8 Å². The molecule has 0 radical (unpaired) electrons. The van der Waals surface area contributed by atoms with Gasteiger partial charge in [-0.3, -0.25) is 10.1 Å². The van der Waals surface area contributed by atoms with Crippen LogP contribution in [0.1, 0.15) is 32.8 Å². The lowest BCUT2D eigenvalue weighted by Gasteiger charge is -2.19. The van der Waals surface area contributed by atoms with Gasteiger partial charge in [0.05, 0.1) is 5.00 Å². The topological polar surface area (TPSA) is 81.4 Å². The summed E-state index contributed by atoms with van der Waals surface area (Å²) in [6, 6.07) is 1.80. The first-order chi connectivity index (χ1) is 8.76. The molecule has 3 N–H and O–H groups in total. The largest absolute Gasteiger partial charge is 0.444 e. The predicted octanol–water partition coefficient (Wildman–Crippen LogP) is 2.98. The van der Waals surface area contributed by atoms with Crippen LogP contribution in [0.25, 0.3) is 6.08 Å². The summed E-state index contributed by atoms with van der Waals surface area (Å²) < 4.78 is 5.14. The Morgan fingerprint density at radius 2 is 2.16 bits per heavy atom. The second-order valence-electron chi connectivity index (χ2n) is 4.94. The van der Waals surface area contributed by atoms with Gasteiger partial charge < -0.3 is 10.5 Å². The molecule has 0 atom stereocenters. The number of amides is 2. The minimum Gasteiger partial charge on any atom is -0.444 e. The standard InChI is InChI=1S/C13H18N2O3S/c1-13(2,3)18-12(17)15-11-7-9(8-19-11)5-4-6-10(14)16/h4-5,7-8H,6H2,1-3H3,(H2,14,16)(H,15,17). The van der Waals surface area contributed by atoms with Gasteiger partial charge in [-0.25, -0.2) is 4.79 Å². The van der Waals surface area contributed by atoms with Crippen molar-refractivity contribution in [2.24, 2.45) is 5.73 Å². The monoisotopic (exact) mass is 282 g/mol. The molecule has 1 aromatic rings. The van der Waals surface area contributed by atoms with E-state index in [4.69, 9.17) is 10.5 Å². The van der Waals surface area contributed by atoms with Crippen LogP contribution in [0.5, 0.6) is 0 Å². The normalized spacial score (nSPS) is 11.5. The van der Waals surface area contributed by atoms with Crippen molar-refractivity contribution >= 4 is 34.4 Å². The number of anilines is 1. The molecule has 0 saturated carbocycles. The molecule has 1 heterocycles. The molecule has 0 spiro atoms. The Labute approximate surface area is 116 Å². The molecular formula is C13H18N2O3S. The number of hydrogen-bond acceptors (Lipinski definition) is 4. The number of carbonyl (C=O) groups is 2. The Kier molecular flexibility index (Phi) is 5.11. The average molecular weight is 282 g/mol. The Morgan fingerprint density at radius 1 is 1.47 bits per heavy atom.